The SMILES string of the molecule is CCN(C)Cc1ccccc1-c1ccc2nc(N)ncc2c1. The molecule has 0 aliphatic rings. The number of fused-ring (bicyclic) bond motifs is 1. The van der Waals surface area contributed by atoms with Crippen LogP contribution in [-0.4, -0.2) is 28.5 Å². The quantitative estimate of drug-likeness (QED) is 0.801. The van der Waals surface area contributed by atoms with Gasteiger partial charge >= 0.3 is 0 Å². The van der Waals surface area contributed by atoms with Gasteiger partial charge in [0.05, 0.1) is 5.52 Å². The molecule has 112 valence electrons. The highest BCUT2D eigenvalue weighted by Gasteiger charge is 2.08. The molecule has 0 aliphatic heterocycles. The fourth-order valence-corrected chi connectivity index (χ4v) is 2.56. The van der Waals surface area contributed by atoms with E-state index in [1.54, 1.807) is 6.20 Å². The van der Waals surface area contributed by atoms with Gasteiger partial charge in [0.2, 0.25) is 5.95 Å². The van der Waals surface area contributed by atoms with E-state index in [1.807, 2.05) is 6.07 Å². The lowest BCUT2D eigenvalue weighted by molar-refractivity contribution is 0.346. The summed E-state index contributed by atoms with van der Waals surface area (Å²) in [6, 6.07) is 14.7. The van der Waals surface area contributed by atoms with Gasteiger partial charge in [-0.25, -0.2) is 9.97 Å². The predicted molar refractivity (Wildman–Crippen MR) is 91.4 cm³/mol. The molecule has 0 saturated heterocycles. The predicted octanol–water partition coefficient (Wildman–Crippen LogP) is 3.33. The molecule has 4 nitrogen and oxygen atoms in total. The van der Waals surface area contributed by atoms with Crippen LogP contribution in [0.3, 0.4) is 0 Å². The Morgan fingerprint density at radius 1 is 1.14 bits per heavy atom. The van der Waals surface area contributed by atoms with Crippen LogP contribution in [0.1, 0.15) is 12.5 Å². The number of nitrogens with two attached hydrogens (primary N) is 1. The maximum Gasteiger partial charge on any atom is 0.220 e. The van der Waals surface area contributed by atoms with E-state index in [2.05, 4.69) is 65.2 Å². The van der Waals surface area contributed by atoms with E-state index < -0.39 is 0 Å². The van der Waals surface area contributed by atoms with Crippen LogP contribution in [0.2, 0.25) is 0 Å². The summed E-state index contributed by atoms with van der Waals surface area (Å²) >= 11 is 0. The molecule has 0 unspecified atom stereocenters. The molecular formula is C18H20N4. The molecule has 4 heteroatoms. The lowest BCUT2D eigenvalue weighted by atomic mass is 9.98. The Labute approximate surface area is 130 Å². The van der Waals surface area contributed by atoms with E-state index in [1.165, 1.54) is 16.7 Å². The fourth-order valence-electron chi connectivity index (χ4n) is 2.56. The van der Waals surface area contributed by atoms with Gasteiger partial charge in [0.1, 0.15) is 0 Å². The highest BCUT2D eigenvalue weighted by atomic mass is 15.1. The average Bonchev–Trinajstić information content (AvgIpc) is 2.55. The lowest BCUT2D eigenvalue weighted by Crippen LogP contribution is -2.17. The number of hydrogen-bond acceptors (Lipinski definition) is 4. The normalized spacial score (nSPS) is 11.2. The Morgan fingerprint density at radius 3 is 2.77 bits per heavy atom. The van der Waals surface area contributed by atoms with Crippen molar-refractivity contribution in [3.63, 3.8) is 0 Å². The molecule has 0 fully saturated rings. The van der Waals surface area contributed by atoms with E-state index in [9.17, 15) is 0 Å². The summed E-state index contributed by atoms with van der Waals surface area (Å²) in [7, 11) is 2.13. The highest BCUT2D eigenvalue weighted by Crippen LogP contribution is 2.27. The van der Waals surface area contributed by atoms with Crippen molar-refractivity contribution in [2.24, 2.45) is 0 Å². The van der Waals surface area contributed by atoms with E-state index in [4.69, 9.17) is 5.73 Å². The van der Waals surface area contributed by atoms with Crippen LogP contribution < -0.4 is 5.73 Å². The standard InChI is InChI=1S/C18H20N4/c1-3-22(2)12-14-6-4-5-7-16(14)13-8-9-17-15(10-13)11-20-18(19)21-17/h4-11H,3,12H2,1-2H3,(H2,19,20,21). The Balaban J connectivity index is 2.05. The largest absolute Gasteiger partial charge is 0.368 e. The average molecular weight is 292 g/mol. The van der Waals surface area contributed by atoms with Crippen molar-refractivity contribution < 1.29 is 0 Å². The Hall–Kier alpha value is -2.46. The van der Waals surface area contributed by atoms with Gasteiger partial charge in [-0.15, -0.1) is 0 Å². The summed E-state index contributed by atoms with van der Waals surface area (Å²) in [6.45, 7) is 4.13. The molecule has 0 bridgehead atoms. The van der Waals surface area contributed by atoms with Crippen molar-refractivity contribution in [3.05, 3.63) is 54.2 Å². The molecule has 1 heterocycles. The van der Waals surface area contributed by atoms with Gasteiger partial charge in [-0.3, -0.25) is 0 Å². The summed E-state index contributed by atoms with van der Waals surface area (Å²) in [5.74, 6) is 0.310. The molecule has 1 aromatic heterocycles. The van der Waals surface area contributed by atoms with Crippen LogP contribution in [0.5, 0.6) is 0 Å². The number of hydrogen-bond donors (Lipinski definition) is 1. The van der Waals surface area contributed by atoms with E-state index in [0.717, 1.165) is 24.0 Å². The molecule has 0 atom stereocenters. The topological polar surface area (TPSA) is 55.0 Å². The maximum atomic E-state index is 5.64. The molecule has 0 aliphatic carbocycles. The highest BCUT2D eigenvalue weighted by molar-refractivity contribution is 5.85. The first kappa shape index (κ1) is 14.5. The Bertz CT molecular complexity index is 798. The summed E-state index contributed by atoms with van der Waals surface area (Å²) in [4.78, 5) is 10.6. The van der Waals surface area contributed by atoms with Crippen molar-refractivity contribution in [2.45, 2.75) is 13.5 Å². The fraction of sp³-hybridized carbons (Fsp3) is 0.222. The minimum absolute atomic E-state index is 0.310. The van der Waals surface area contributed by atoms with Gasteiger partial charge in [-0.1, -0.05) is 37.3 Å². The third-order valence-electron chi connectivity index (χ3n) is 3.91. The number of aromatic nitrogens is 2. The second-order valence-electron chi connectivity index (χ2n) is 5.49. The Morgan fingerprint density at radius 2 is 1.95 bits per heavy atom. The Kier molecular flexibility index (Phi) is 4.02. The summed E-state index contributed by atoms with van der Waals surface area (Å²) in [5, 5.41) is 1.00. The van der Waals surface area contributed by atoms with E-state index in [0.29, 0.717) is 5.95 Å². The van der Waals surface area contributed by atoms with Crippen LogP contribution in [0.15, 0.2) is 48.7 Å². The van der Waals surface area contributed by atoms with Crippen molar-refractivity contribution >= 4 is 16.9 Å². The third kappa shape index (κ3) is 2.92. The molecule has 0 radical (unpaired) electrons. The molecular weight excluding hydrogens is 272 g/mol. The van der Waals surface area contributed by atoms with Crippen LogP contribution in [0.25, 0.3) is 22.0 Å². The molecule has 2 aromatic carbocycles. The number of nitrogens with zero attached hydrogens (tertiary/aromatic N) is 3. The van der Waals surface area contributed by atoms with Crippen molar-refractivity contribution in [2.75, 3.05) is 19.3 Å². The van der Waals surface area contributed by atoms with Gasteiger partial charge in [-0.2, -0.15) is 0 Å². The molecule has 22 heavy (non-hydrogen) atoms. The number of benzene rings is 2. The second kappa shape index (κ2) is 6.12. The first-order valence-corrected chi connectivity index (χ1v) is 7.46. The second-order valence-corrected chi connectivity index (χ2v) is 5.49. The van der Waals surface area contributed by atoms with Crippen LogP contribution in [0.4, 0.5) is 5.95 Å². The molecule has 0 amide bonds. The third-order valence-corrected chi connectivity index (χ3v) is 3.91. The number of nitrogen functional groups attached to an aromatic ring is 1. The molecule has 3 aromatic rings. The molecule has 0 spiro atoms. The van der Waals surface area contributed by atoms with Gasteiger partial charge < -0.3 is 10.6 Å². The van der Waals surface area contributed by atoms with Crippen LogP contribution in [0, 0.1) is 0 Å². The summed E-state index contributed by atoms with van der Waals surface area (Å²) in [6.07, 6.45) is 1.78. The van der Waals surface area contributed by atoms with Gasteiger partial charge in [0.25, 0.3) is 0 Å². The van der Waals surface area contributed by atoms with Crippen LogP contribution in [-0.2, 0) is 6.54 Å². The van der Waals surface area contributed by atoms with Gasteiger partial charge in [0.15, 0.2) is 0 Å². The molecule has 0 saturated carbocycles. The van der Waals surface area contributed by atoms with Crippen molar-refractivity contribution in [3.8, 4) is 11.1 Å². The number of rotatable bonds is 4. The van der Waals surface area contributed by atoms with Crippen LogP contribution >= 0.6 is 0 Å². The molecule has 2 N–H and O–H groups in total. The van der Waals surface area contributed by atoms with Gasteiger partial charge in [-0.05, 0) is 42.4 Å². The molecule has 3 rings (SSSR count). The zero-order valence-electron chi connectivity index (χ0n) is 13.0. The van der Waals surface area contributed by atoms with Gasteiger partial charge in [0, 0.05) is 18.1 Å². The number of anilines is 1. The monoisotopic (exact) mass is 292 g/mol. The minimum Gasteiger partial charge on any atom is -0.368 e. The maximum absolute atomic E-state index is 5.64. The van der Waals surface area contributed by atoms with E-state index >= 15 is 0 Å². The minimum atomic E-state index is 0.310. The smallest absolute Gasteiger partial charge is 0.220 e. The summed E-state index contributed by atoms with van der Waals surface area (Å²) in [5.41, 5.74) is 10.3. The zero-order chi connectivity index (χ0) is 15.5. The van der Waals surface area contributed by atoms with Crippen molar-refractivity contribution in [1.29, 1.82) is 0 Å². The van der Waals surface area contributed by atoms with E-state index in [-0.39, 0.29) is 0 Å². The first-order chi connectivity index (χ1) is 10.7. The zero-order valence-corrected chi connectivity index (χ0v) is 13.0. The lowest BCUT2D eigenvalue weighted by Gasteiger charge is -2.17. The summed E-state index contributed by atoms with van der Waals surface area (Å²) < 4.78 is 0. The van der Waals surface area contributed by atoms with Crippen molar-refractivity contribution in [1.82, 2.24) is 14.9 Å². The first-order valence-electron chi connectivity index (χ1n) is 7.46.